The van der Waals surface area contributed by atoms with Gasteiger partial charge < -0.3 is 5.11 Å². The number of aromatic amines is 1. The van der Waals surface area contributed by atoms with Crippen molar-refractivity contribution in [1.29, 1.82) is 0 Å². The predicted octanol–water partition coefficient (Wildman–Crippen LogP) is 1.42. The Hall–Kier alpha value is -3.14. The van der Waals surface area contributed by atoms with E-state index >= 15 is 0 Å². The zero-order valence-corrected chi connectivity index (χ0v) is 13.7. The molecular weight excluding hydrogens is 349 g/mol. The second kappa shape index (κ2) is 6.77. The molecule has 0 radical (unpaired) electrons. The van der Waals surface area contributed by atoms with Crippen LogP contribution >= 0.6 is 11.3 Å². The Balaban J connectivity index is 1.86. The molecule has 128 valence electrons. The maximum absolute atomic E-state index is 13.2. The van der Waals surface area contributed by atoms with E-state index in [1.165, 1.54) is 30.1 Å². The third kappa shape index (κ3) is 3.86. The van der Waals surface area contributed by atoms with Crippen molar-refractivity contribution in [3.63, 3.8) is 0 Å². The average Bonchev–Trinajstić information content (AvgIpc) is 2.93. The Bertz CT molecular complexity index is 1070. The summed E-state index contributed by atoms with van der Waals surface area (Å²) in [6.07, 6.45) is 1.42. The molecule has 0 fully saturated rings. The summed E-state index contributed by atoms with van der Waals surface area (Å²) in [5.41, 5.74) is 0.0327. The normalized spacial score (nSPS) is 11.7. The van der Waals surface area contributed by atoms with Crippen molar-refractivity contribution in [1.82, 2.24) is 19.7 Å². The number of halogens is 1. The lowest BCUT2D eigenvalue weighted by Crippen LogP contribution is -2.22. The molecule has 0 aliphatic heterocycles. The number of H-pyrrole nitrogens is 1. The van der Waals surface area contributed by atoms with E-state index in [2.05, 4.69) is 20.1 Å². The molecule has 3 rings (SSSR count). The number of benzene rings is 1. The summed E-state index contributed by atoms with van der Waals surface area (Å²) in [5.74, 6) is -0.270. The van der Waals surface area contributed by atoms with Crippen LogP contribution in [0.1, 0.15) is 18.1 Å². The van der Waals surface area contributed by atoms with E-state index in [0.29, 0.717) is 23.4 Å². The largest absolute Gasteiger partial charge is 0.499 e. The van der Waals surface area contributed by atoms with E-state index < -0.39 is 15.5 Å². The number of nitrogens with zero attached hydrogens (tertiary/aromatic N) is 4. The van der Waals surface area contributed by atoms with Crippen molar-refractivity contribution < 1.29 is 9.50 Å². The Kier molecular flexibility index (Phi) is 4.52. The van der Waals surface area contributed by atoms with Gasteiger partial charge in [-0.05, 0) is 36.0 Å². The van der Waals surface area contributed by atoms with Crippen molar-refractivity contribution in [3.8, 4) is 5.06 Å². The molecule has 0 saturated heterocycles. The van der Waals surface area contributed by atoms with Crippen LogP contribution in [0.4, 0.5) is 10.3 Å². The smallest absolute Gasteiger partial charge is 0.310 e. The van der Waals surface area contributed by atoms with E-state index in [1.807, 2.05) is 0 Å². The van der Waals surface area contributed by atoms with Gasteiger partial charge in [0.05, 0.1) is 12.3 Å². The molecule has 3 aromatic rings. The fourth-order valence-corrected chi connectivity index (χ4v) is 2.84. The summed E-state index contributed by atoms with van der Waals surface area (Å²) < 4.78 is 14.7. The summed E-state index contributed by atoms with van der Waals surface area (Å²) in [4.78, 5) is 32.5. The Morgan fingerprint density at radius 2 is 2.24 bits per heavy atom. The van der Waals surface area contributed by atoms with Crippen molar-refractivity contribution in [2.75, 3.05) is 0 Å². The van der Waals surface area contributed by atoms with Gasteiger partial charge in [0, 0.05) is 0 Å². The van der Waals surface area contributed by atoms with E-state index in [-0.39, 0.29) is 23.0 Å². The maximum atomic E-state index is 13.2. The molecule has 0 aliphatic rings. The number of aliphatic imine (C=N–C) groups is 1. The molecular formula is C15H12FN5O3S. The summed E-state index contributed by atoms with van der Waals surface area (Å²) in [5, 5.41) is 13.5. The molecule has 0 atom stereocenters. The van der Waals surface area contributed by atoms with Gasteiger partial charge in [-0.3, -0.25) is 14.6 Å². The molecule has 1 aromatic carbocycles. The molecule has 25 heavy (non-hydrogen) atoms. The molecule has 0 unspecified atom stereocenters. The third-order valence-electron chi connectivity index (χ3n) is 3.23. The second-order valence-electron chi connectivity index (χ2n) is 5.09. The summed E-state index contributed by atoms with van der Waals surface area (Å²) in [7, 11) is 0. The van der Waals surface area contributed by atoms with Gasteiger partial charge in [-0.15, -0.1) is 5.10 Å². The number of aromatic nitrogens is 4. The molecule has 0 amide bonds. The van der Waals surface area contributed by atoms with Gasteiger partial charge in [0.15, 0.2) is 5.06 Å². The lowest BCUT2D eigenvalue weighted by molar-refractivity contribution is 0.487. The molecule has 0 bridgehead atoms. The van der Waals surface area contributed by atoms with Crippen molar-refractivity contribution >= 4 is 23.0 Å². The molecule has 2 aromatic heterocycles. The molecule has 0 aliphatic carbocycles. The van der Waals surface area contributed by atoms with Gasteiger partial charge in [0.1, 0.15) is 17.7 Å². The summed E-state index contributed by atoms with van der Waals surface area (Å²) in [6.45, 7) is 1.80. The van der Waals surface area contributed by atoms with Crippen LogP contribution in [-0.4, -0.2) is 30.6 Å². The number of hydrogen-bond acceptors (Lipinski definition) is 7. The van der Waals surface area contributed by atoms with Crippen LogP contribution < -0.4 is 10.4 Å². The van der Waals surface area contributed by atoms with E-state index in [1.54, 1.807) is 12.1 Å². The van der Waals surface area contributed by atoms with Crippen LogP contribution in [-0.2, 0) is 6.54 Å². The van der Waals surface area contributed by atoms with Crippen molar-refractivity contribution in [2.45, 2.75) is 13.5 Å². The van der Waals surface area contributed by atoms with Crippen LogP contribution in [0, 0.1) is 5.82 Å². The first-order chi connectivity index (χ1) is 11.9. The fourth-order valence-electron chi connectivity index (χ4n) is 2.18. The first-order valence-corrected chi connectivity index (χ1v) is 7.90. The van der Waals surface area contributed by atoms with Gasteiger partial charge >= 0.3 is 4.87 Å². The standard InChI is InChI=1S/C15H12FN5O3S/c1-8(11-12(22)19-15(24)25-13(11)23)18-14-17-7-21(20-14)6-9-3-2-4-10(16)5-9/h2-5,7,23H,6H2,1H3,(H,19,22,24)/b18-8+. The SMILES string of the molecule is C/C(=N\c1ncn(Cc2cccc(F)c2)n1)c1c(O)sc(=O)[nH]c1=O. The molecule has 8 nitrogen and oxygen atoms in total. The zero-order chi connectivity index (χ0) is 18.0. The van der Waals surface area contributed by atoms with Crippen LogP contribution in [0.15, 0.2) is 45.2 Å². The minimum absolute atomic E-state index is 0.0731. The molecule has 10 heteroatoms. The lowest BCUT2D eigenvalue weighted by Gasteiger charge is -2.01. The van der Waals surface area contributed by atoms with Crippen LogP contribution in [0.25, 0.3) is 0 Å². The Morgan fingerprint density at radius 3 is 2.96 bits per heavy atom. The van der Waals surface area contributed by atoms with Crippen LogP contribution in [0.3, 0.4) is 0 Å². The molecule has 2 heterocycles. The second-order valence-corrected chi connectivity index (χ2v) is 6.05. The molecule has 2 N–H and O–H groups in total. The number of nitrogens with one attached hydrogen (secondary N) is 1. The summed E-state index contributed by atoms with van der Waals surface area (Å²) >= 11 is 0.502. The van der Waals surface area contributed by atoms with Gasteiger partial charge in [-0.2, -0.15) is 4.98 Å². The monoisotopic (exact) mass is 361 g/mol. The highest BCUT2D eigenvalue weighted by atomic mass is 32.1. The highest BCUT2D eigenvalue weighted by molar-refractivity contribution is 7.11. The molecule has 0 spiro atoms. The Labute approximate surface area is 144 Å². The highest BCUT2D eigenvalue weighted by Gasteiger charge is 2.13. The van der Waals surface area contributed by atoms with Gasteiger partial charge in [0.2, 0.25) is 0 Å². The predicted molar refractivity (Wildman–Crippen MR) is 90.3 cm³/mol. The summed E-state index contributed by atoms with van der Waals surface area (Å²) in [6, 6.07) is 6.09. The van der Waals surface area contributed by atoms with E-state index in [0.717, 1.165) is 0 Å². The maximum Gasteiger partial charge on any atom is 0.310 e. The topological polar surface area (TPSA) is 113 Å². The molecule has 0 saturated carbocycles. The van der Waals surface area contributed by atoms with Crippen molar-refractivity contribution in [2.24, 2.45) is 4.99 Å². The van der Waals surface area contributed by atoms with Crippen LogP contribution in [0.5, 0.6) is 5.06 Å². The van der Waals surface area contributed by atoms with Gasteiger partial charge in [-0.1, -0.05) is 12.1 Å². The van der Waals surface area contributed by atoms with Crippen LogP contribution in [0.2, 0.25) is 0 Å². The highest BCUT2D eigenvalue weighted by Crippen LogP contribution is 2.17. The quantitative estimate of drug-likeness (QED) is 0.683. The number of rotatable bonds is 4. The van der Waals surface area contributed by atoms with E-state index in [9.17, 15) is 19.1 Å². The fraction of sp³-hybridized carbons (Fsp3) is 0.133. The van der Waals surface area contributed by atoms with Gasteiger partial charge in [-0.25, -0.2) is 14.1 Å². The zero-order valence-electron chi connectivity index (χ0n) is 12.9. The minimum Gasteiger partial charge on any atom is -0.499 e. The lowest BCUT2D eigenvalue weighted by atomic mass is 10.2. The Morgan fingerprint density at radius 1 is 1.44 bits per heavy atom. The van der Waals surface area contributed by atoms with Crippen molar-refractivity contribution in [3.05, 3.63) is 67.6 Å². The first kappa shape index (κ1) is 16.7. The van der Waals surface area contributed by atoms with E-state index in [4.69, 9.17) is 0 Å². The average molecular weight is 361 g/mol. The minimum atomic E-state index is -0.735. The van der Waals surface area contributed by atoms with Gasteiger partial charge in [0.25, 0.3) is 11.5 Å². The third-order valence-corrected chi connectivity index (χ3v) is 3.92. The first-order valence-electron chi connectivity index (χ1n) is 7.08. The number of hydrogen-bond donors (Lipinski definition) is 2. The number of aromatic hydroxyl groups is 1.